The molecule has 0 spiro atoms. The summed E-state index contributed by atoms with van der Waals surface area (Å²) in [4.78, 5) is 25.0. The third-order valence-electron chi connectivity index (χ3n) is 5.55. The number of hydrogen-bond acceptors (Lipinski definition) is 4. The lowest BCUT2D eigenvalue weighted by molar-refractivity contribution is -0.139. The molecule has 1 aromatic carbocycles. The lowest BCUT2D eigenvalue weighted by atomic mass is 9.68. The van der Waals surface area contributed by atoms with Crippen LogP contribution < -0.4 is 0 Å². The van der Waals surface area contributed by atoms with E-state index >= 15 is 0 Å². The average molecular weight is 444 g/mol. The van der Waals surface area contributed by atoms with E-state index in [9.17, 15) is 27.4 Å². The molecule has 1 aliphatic rings. The summed E-state index contributed by atoms with van der Waals surface area (Å²) in [5.41, 5.74) is -1.25. The second kappa shape index (κ2) is 8.90. The van der Waals surface area contributed by atoms with Gasteiger partial charge >= 0.3 is 20.2 Å². The van der Waals surface area contributed by atoms with Crippen LogP contribution in [0.4, 0.5) is 13.2 Å². The molecule has 0 bridgehead atoms. The molecule has 2 unspecified atom stereocenters. The van der Waals surface area contributed by atoms with Crippen LogP contribution in [-0.4, -0.2) is 28.9 Å². The first-order valence-corrected chi connectivity index (χ1v) is 10.9. The highest BCUT2D eigenvalue weighted by Gasteiger charge is 2.56. The van der Waals surface area contributed by atoms with Crippen molar-refractivity contribution in [3.8, 4) is 0 Å². The van der Waals surface area contributed by atoms with Gasteiger partial charge in [0.15, 0.2) is 0 Å². The lowest BCUT2D eigenvalue weighted by Gasteiger charge is -2.41. The van der Waals surface area contributed by atoms with Gasteiger partial charge in [0.2, 0.25) is 5.31 Å². The van der Waals surface area contributed by atoms with E-state index in [4.69, 9.17) is 4.74 Å². The van der Waals surface area contributed by atoms with Crippen molar-refractivity contribution in [2.75, 3.05) is 13.2 Å². The number of allylic oxidation sites excluding steroid dienone is 3. The predicted octanol–water partition coefficient (Wildman–Crippen LogP) is 5.49. The van der Waals surface area contributed by atoms with Gasteiger partial charge in [-0.05, 0) is 50.3 Å². The highest BCUT2D eigenvalue weighted by Crippen LogP contribution is 2.57. The molecule has 30 heavy (non-hydrogen) atoms. The zero-order valence-corrected chi connectivity index (χ0v) is 18.5. The van der Waals surface area contributed by atoms with Crippen LogP contribution >= 0.6 is 8.03 Å². The third-order valence-corrected chi connectivity index (χ3v) is 6.63. The maximum atomic E-state index is 13.4. The normalized spacial score (nSPS) is 20.6. The van der Waals surface area contributed by atoms with Gasteiger partial charge in [-0.1, -0.05) is 25.1 Å². The minimum Gasteiger partial charge on any atom is -0.463 e. The second-order valence-electron chi connectivity index (χ2n) is 6.97. The number of nitrogens with zero attached hydrogens (tertiary/aromatic N) is 1. The summed E-state index contributed by atoms with van der Waals surface area (Å²) >= 11 is 0. The summed E-state index contributed by atoms with van der Waals surface area (Å²) in [5, 5.41) is 0.0230. The Morgan fingerprint density at radius 2 is 1.83 bits per heavy atom. The minimum absolute atomic E-state index is 0.0230. The average Bonchev–Trinajstić information content (AvgIpc) is 2.66. The summed E-state index contributed by atoms with van der Waals surface area (Å²) in [7, 11) is -2.96. The minimum atomic E-state index is -4.60. The number of ether oxygens (including phenoxy) is 1. The smallest absolute Gasteiger partial charge is 0.463 e. The van der Waals surface area contributed by atoms with Gasteiger partial charge in [-0.25, -0.2) is 4.79 Å². The first-order chi connectivity index (χ1) is 14.0. The van der Waals surface area contributed by atoms with Crippen LogP contribution in [0.2, 0.25) is 0 Å². The van der Waals surface area contributed by atoms with Crippen molar-refractivity contribution >= 4 is 14.0 Å². The topological polar surface area (TPSA) is 66.8 Å². The molecular formula is C21H26F3NO4P+. The SMILES string of the molecule is CCOC(=O)C1=C(C)N(CC)C(C)=C([P+](=O)O)C1(CC)c1cccc(C(F)(F)F)c1. The number of hydrogen-bond donors (Lipinski definition) is 1. The molecule has 5 nitrogen and oxygen atoms in total. The van der Waals surface area contributed by atoms with Crippen LogP contribution in [0.3, 0.4) is 0 Å². The molecule has 1 aliphatic heterocycles. The molecule has 1 heterocycles. The molecule has 0 aromatic heterocycles. The van der Waals surface area contributed by atoms with Crippen molar-refractivity contribution in [2.45, 2.75) is 52.6 Å². The maximum Gasteiger partial charge on any atom is 0.544 e. The fourth-order valence-corrected chi connectivity index (χ4v) is 5.47. The Morgan fingerprint density at radius 3 is 2.30 bits per heavy atom. The van der Waals surface area contributed by atoms with Crippen molar-refractivity contribution in [3.63, 3.8) is 0 Å². The van der Waals surface area contributed by atoms with Gasteiger partial charge < -0.3 is 9.64 Å². The molecule has 9 heteroatoms. The zero-order chi connectivity index (χ0) is 22.9. The molecule has 0 amide bonds. The molecular weight excluding hydrogens is 418 g/mol. The van der Waals surface area contributed by atoms with Crippen LogP contribution in [0.25, 0.3) is 0 Å². The Kier molecular flexibility index (Phi) is 7.15. The molecule has 0 saturated carbocycles. The van der Waals surface area contributed by atoms with Crippen LogP contribution in [0.5, 0.6) is 0 Å². The first-order valence-electron chi connectivity index (χ1n) is 9.68. The Hall–Kier alpha value is -2.18. The van der Waals surface area contributed by atoms with Gasteiger partial charge in [-0.15, -0.1) is 0 Å². The van der Waals surface area contributed by atoms with Crippen LogP contribution in [0.1, 0.15) is 52.2 Å². The molecule has 164 valence electrons. The van der Waals surface area contributed by atoms with Gasteiger partial charge in [-0.3, -0.25) is 0 Å². The molecule has 0 saturated heterocycles. The van der Waals surface area contributed by atoms with Gasteiger partial charge in [0, 0.05) is 12.2 Å². The Bertz CT molecular complexity index is 923. The quantitative estimate of drug-likeness (QED) is 0.464. The van der Waals surface area contributed by atoms with E-state index in [1.807, 2.05) is 6.92 Å². The van der Waals surface area contributed by atoms with Crippen molar-refractivity contribution in [2.24, 2.45) is 0 Å². The fourth-order valence-electron chi connectivity index (χ4n) is 4.34. The van der Waals surface area contributed by atoms with Gasteiger partial charge in [0.25, 0.3) is 0 Å². The van der Waals surface area contributed by atoms with E-state index < -0.39 is 31.2 Å². The highest BCUT2D eigenvalue weighted by molar-refractivity contribution is 7.43. The zero-order valence-electron chi connectivity index (χ0n) is 17.6. The molecule has 0 radical (unpaired) electrons. The summed E-state index contributed by atoms with van der Waals surface area (Å²) in [6.07, 6.45) is -4.50. The Balaban J connectivity index is 2.99. The van der Waals surface area contributed by atoms with Crippen molar-refractivity contribution < 1.29 is 32.2 Å². The number of halogens is 3. The highest BCUT2D eigenvalue weighted by atomic mass is 31.1. The number of carbonyl (C=O) groups is 1. The molecule has 0 aliphatic carbocycles. The number of esters is 1. The number of alkyl halides is 3. The second-order valence-corrected chi connectivity index (χ2v) is 7.96. The number of benzene rings is 1. The van der Waals surface area contributed by atoms with E-state index in [1.165, 1.54) is 12.1 Å². The van der Waals surface area contributed by atoms with E-state index in [-0.39, 0.29) is 29.5 Å². The number of rotatable bonds is 6. The van der Waals surface area contributed by atoms with E-state index in [0.717, 1.165) is 12.1 Å². The molecule has 2 rings (SSSR count). The van der Waals surface area contributed by atoms with Crippen LogP contribution in [0.15, 0.2) is 46.5 Å². The largest absolute Gasteiger partial charge is 0.544 e. The molecule has 2 atom stereocenters. The first kappa shape index (κ1) is 24.1. The van der Waals surface area contributed by atoms with Gasteiger partial charge in [0.1, 0.15) is 5.41 Å². The fraction of sp³-hybridized carbons (Fsp3) is 0.476. The van der Waals surface area contributed by atoms with Crippen LogP contribution in [0, 0.1) is 0 Å². The van der Waals surface area contributed by atoms with Crippen molar-refractivity contribution in [1.82, 2.24) is 4.90 Å². The van der Waals surface area contributed by atoms with Crippen molar-refractivity contribution in [1.29, 1.82) is 0 Å². The monoisotopic (exact) mass is 444 g/mol. The number of carbonyl (C=O) groups excluding carboxylic acids is 1. The molecule has 1 N–H and O–H groups in total. The lowest BCUT2D eigenvalue weighted by Crippen LogP contribution is -2.43. The van der Waals surface area contributed by atoms with Crippen molar-refractivity contribution in [3.05, 3.63) is 57.7 Å². The van der Waals surface area contributed by atoms with E-state index in [0.29, 0.717) is 17.9 Å². The van der Waals surface area contributed by atoms with E-state index in [2.05, 4.69) is 0 Å². The standard InChI is InChI=1S/C21H25F3NO4P/c1-6-20(15-10-9-11-16(12-15)21(22,23)24)17(19(26)29-8-3)13(4)25(7-2)14(5)18(20)30(27)28/h9-12H,6-8H2,1-5H3/p+1. The summed E-state index contributed by atoms with van der Waals surface area (Å²) in [6, 6.07) is 4.59. The summed E-state index contributed by atoms with van der Waals surface area (Å²) < 4.78 is 58.1. The molecule has 0 fully saturated rings. The van der Waals surface area contributed by atoms with E-state index in [1.54, 1.807) is 32.6 Å². The summed E-state index contributed by atoms with van der Waals surface area (Å²) in [5.74, 6) is -0.713. The van der Waals surface area contributed by atoms with Crippen LogP contribution in [-0.2, 0) is 25.7 Å². The predicted molar refractivity (Wildman–Crippen MR) is 108 cm³/mol. The van der Waals surface area contributed by atoms with Gasteiger partial charge in [0.05, 0.1) is 23.4 Å². The maximum absolute atomic E-state index is 13.4. The Labute approximate surface area is 175 Å². The Morgan fingerprint density at radius 1 is 1.20 bits per heavy atom. The third kappa shape index (κ3) is 3.91. The summed E-state index contributed by atoms with van der Waals surface area (Å²) in [6.45, 7) is 8.93. The van der Waals surface area contributed by atoms with Gasteiger partial charge in [-0.2, -0.15) is 18.1 Å². The molecule has 1 aromatic rings.